The lowest BCUT2D eigenvalue weighted by atomic mass is 10.2. The van der Waals surface area contributed by atoms with Crippen molar-refractivity contribution in [3.8, 4) is 11.5 Å². The minimum atomic E-state index is -0.636. The van der Waals surface area contributed by atoms with E-state index in [-0.39, 0.29) is 21.6 Å². The summed E-state index contributed by atoms with van der Waals surface area (Å²) in [5.74, 6) is -0.903. The van der Waals surface area contributed by atoms with Crippen LogP contribution in [-0.4, -0.2) is 42.6 Å². The van der Waals surface area contributed by atoms with Gasteiger partial charge in [-0.2, -0.15) is 5.10 Å². The third-order valence-electron chi connectivity index (χ3n) is 2.74. The average molecular weight is 414 g/mol. The van der Waals surface area contributed by atoms with E-state index in [0.717, 1.165) is 17.8 Å². The molecule has 2 N–H and O–H groups in total. The third kappa shape index (κ3) is 4.36. The van der Waals surface area contributed by atoms with Crippen LogP contribution in [-0.2, 0) is 14.3 Å². The van der Waals surface area contributed by atoms with Crippen LogP contribution in [0.3, 0.4) is 0 Å². The summed E-state index contributed by atoms with van der Waals surface area (Å²) in [5, 5.41) is 20.3. The second-order valence-electron chi connectivity index (χ2n) is 4.28. The molecule has 1 aromatic carbocycles. The van der Waals surface area contributed by atoms with Crippen molar-refractivity contribution in [1.82, 2.24) is 5.32 Å². The minimum Gasteiger partial charge on any atom is -0.504 e. The summed E-state index contributed by atoms with van der Waals surface area (Å²) in [6, 6.07) is 3.24. The number of benzene rings is 1. The van der Waals surface area contributed by atoms with E-state index < -0.39 is 11.9 Å². The summed E-state index contributed by atoms with van der Waals surface area (Å²) < 4.78 is 10.2. The highest BCUT2D eigenvalue weighted by Gasteiger charge is 2.25. The monoisotopic (exact) mass is 413 g/mol. The van der Waals surface area contributed by atoms with Crippen LogP contribution in [0.25, 0.3) is 0 Å². The lowest BCUT2D eigenvalue weighted by Gasteiger charge is -2.06. The Morgan fingerprint density at radius 1 is 1.42 bits per heavy atom. The molecule has 0 unspecified atom stereocenters. The number of amidine groups is 1. The van der Waals surface area contributed by atoms with Gasteiger partial charge in [0, 0.05) is 16.1 Å². The van der Waals surface area contributed by atoms with Crippen molar-refractivity contribution < 1.29 is 24.2 Å². The van der Waals surface area contributed by atoms with Gasteiger partial charge in [0.05, 0.1) is 25.3 Å². The van der Waals surface area contributed by atoms with Gasteiger partial charge in [0.15, 0.2) is 16.7 Å². The molecule has 8 nitrogen and oxygen atoms in total. The second kappa shape index (κ2) is 7.97. The highest BCUT2D eigenvalue weighted by molar-refractivity contribution is 9.10. The first kappa shape index (κ1) is 18.0. The van der Waals surface area contributed by atoms with E-state index in [9.17, 15) is 14.7 Å². The van der Waals surface area contributed by atoms with Gasteiger partial charge in [0.1, 0.15) is 0 Å². The van der Waals surface area contributed by atoms with Crippen LogP contribution in [0.2, 0.25) is 0 Å². The largest absolute Gasteiger partial charge is 0.504 e. The van der Waals surface area contributed by atoms with E-state index in [0.29, 0.717) is 10.0 Å². The fourth-order valence-corrected chi connectivity index (χ4v) is 2.83. The lowest BCUT2D eigenvalue weighted by molar-refractivity contribution is -0.135. The smallest absolute Gasteiger partial charge is 0.331 e. The highest BCUT2D eigenvalue weighted by atomic mass is 79.9. The second-order valence-corrected chi connectivity index (χ2v) is 6.23. The number of rotatable bonds is 4. The predicted octanol–water partition coefficient (Wildman–Crippen LogP) is 1.77. The van der Waals surface area contributed by atoms with Crippen molar-refractivity contribution in [2.45, 2.75) is 0 Å². The molecule has 0 atom stereocenters. The van der Waals surface area contributed by atoms with Crippen LogP contribution < -0.4 is 10.1 Å². The number of nitrogens with one attached hydrogen (secondary N) is 1. The van der Waals surface area contributed by atoms with E-state index in [1.54, 1.807) is 12.1 Å². The minimum absolute atomic E-state index is 0.0842. The molecule has 1 fully saturated rings. The fourth-order valence-electron chi connectivity index (χ4n) is 1.63. The first-order valence-corrected chi connectivity index (χ1v) is 8.02. The topological polar surface area (TPSA) is 110 Å². The van der Waals surface area contributed by atoms with Gasteiger partial charge in [-0.15, -0.1) is 5.10 Å². The standard InChI is InChI=1S/C14H12BrN3O5S/c1-22-9-4-8(15)3-7(12(9)20)6-16-18-14-17-13(21)10(24-14)5-11(19)23-2/h3-6,20H,1-2H3,(H,17,18,21)/b10-5+,16-6?. The maximum absolute atomic E-state index is 11.6. The summed E-state index contributed by atoms with van der Waals surface area (Å²) >= 11 is 4.24. The molecule has 1 heterocycles. The van der Waals surface area contributed by atoms with Crippen molar-refractivity contribution in [1.29, 1.82) is 0 Å². The Balaban J connectivity index is 2.16. The molecule has 1 amide bonds. The number of amides is 1. The van der Waals surface area contributed by atoms with E-state index in [1.807, 2.05) is 0 Å². The number of phenols is 1. The Kier molecular flexibility index (Phi) is 5.99. The van der Waals surface area contributed by atoms with Gasteiger partial charge in [-0.1, -0.05) is 15.9 Å². The number of aromatic hydroxyl groups is 1. The zero-order valence-corrected chi connectivity index (χ0v) is 15.0. The van der Waals surface area contributed by atoms with Crippen molar-refractivity contribution in [3.05, 3.63) is 33.2 Å². The molecule has 0 aliphatic carbocycles. The molecule has 1 aliphatic heterocycles. The van der Waals surface area contributed by atoms with Crippen LogP contribution in [0.5, 0.6) is 11.5 Å². The molecule has 10 heteroatoms. The number of halogens is 1. The Hall–Kier alpha value is -2.33. The van der Waals surface area contributed by atoms with Crippen LogP contribution in [0.15, 0.2) is 37.8 Å². The molecule has 0 saturated carbocycles. The van der Waals surface area contributed by atoms with Gasteiger partial charge in [-0.05, 0) is 23.9 Å². The normalized spacial score (nSPS) is 17.5. The third-order valence-corrected chi connectivity index (χ3v) is 4.09. The van der Waals surface area contributed by atoms with Gasteiger partial charge in [-0.3, -0.25) is 10.1 Å². The summed E-state index contributed by atoms with van der Waals surface area (Å²) in [4.78, 5) is 22.9. The first-order valence-electron chi connectivity index (χ1n) is 6.41. The van der Waals surface area contributed by atoms with Gasteiger partial charge in [0.2, 0.25) is 0 Å². The Labute approximate surface area is 149 Å². The van der Waals surface area contributed by atoms with Crippen LogP contribution >= 0.6 is 27.7 Å². The van der Waals surface area contributed by atoms with Crippen LogP contribution in [0, 0.1) is 0 Å². The average Bonchev–Trinajstić information content (AvgIpc) is 2.89. The molecule has 0 bridgehead atoms. The van der Waals surface area contributed by atoms with Crippen molar-refractivity contribution in [2.24, 2.45) is 10.2 Å². The number of carbonyl (C=O) groups excluding carboxylic acids is 2. The lowest BCUT2D eigenvalue weighted by Crippen LogP contribution is -2.19. The number of hydrogen-bond acceptors (Lipinski definition) is 8. The Morgan fingerprint density at radius 3 is 2.83 bits per heavy atom. The van der Waals surface area contributed by atoms with Crippen molar-refractivity contribution >= 4 is 51.0 Å². The molecule has 0 aromatic heterocycles. The fraction of sp³-hybridized carbons (Fsp3) is 0.143. The number of methoxy groups -OCH3 is 2. The van der Waals surface area contributed by atoms with Gasteiger partial charge >= 0.3 is 5.97 Å². The molecule has 126 valence electrons. The summed E-state index contributed by atoms with van der Waals surface area (Å²) in [6.45, 7) is 0. The molecule has 24 heavy (non-hydrogen) atoms. The van der Waals surface area contributed by atoms with Gasteiger partial charge in [-0.25, -0.2) is 4.79 Å². The number of hydrogen-bond donors (Lipinski definition) is 2. The number of phenolic OH excluding ortho intramolecular Hbond substituents is 1. The Bertz CT molecular complexity index is 776. The number of thioether (sulfide) groups is 1. The molecule has 2 rings (SSSR count). The van der Waals surface area contributed by atoms with Crippen LogP contribution in [0.1, 0.15) is 5.56 Å². The number of esters is 1. The van der Waals surface area contributed by atoms with E-state index in [2.05, 4.69) is 36.2 Å². The van der Waals surface area contributed by atoms with E-state index in [4.69, 9.17) is 4.74 Å². The van der Waals surface area contributed by atoms with Gasteiger partial charge < -0.3 is 14.6 Å². The van der Waals surface area contributed by atoms with Crippen molar-refractivity contribution in [3.63, 3.8) is 0 Å². The zero-order valence-electron chi connectivity index (χ0n) is 12.6. The highest BCUT2D eigenvalue weighted by Crippen LogP contribution is 2.32. The summed E-state index contributed by atoms with van der Waals surface area (Å²) in [5.41, 5.74) is 0.380. The van der Waals surface area contributed by atoms with E-state index in [1.165, 1.54) is 20.4 Å². The molecular formula is C14H12BrN3O5S. The maximum Gasteiger partial charge on any atom is 0.331 e. The van der Waals surface area contributed by atoms with Gasteiger partial charge in [0.25, 0.3) is 5.91 Å². The molecule has 0 radical (unpaired) electrons. The zero-order chi connectivity index (χ0) is 17.7. The maximum atomic E-state index is 11.6. The number of ether oxygens (including phenoxy) is 2. The molecule has 1 aromatic rings. The van der Waals surface area contributed by atoms with Crippen molar-refractivity contribution in [2.75, 3.05) is 14.2 Å². The quantitative estimate of drug-likeness (QED) is 0.337. The molecule has 1 aliphatic rings. The molecule has 0 spiro atoms. The van der Waals surface area contributed by atoms with E-state index >= 15 is 0 Å². The SMILES string of the molecule is COC(=O)/C=C1/S/C(=N\N=Cc2cc(Br)cc(OC)c2O)NC1=O. The predicted molar refractivity (Wildman–Crippen MR) is 93.2 cm³/mol. The summed E-state index contributed by atoms with van der Waals surface area (Å²) in [7, 11) is 2.65. The van der Waals surface area contributed by atoms with Crippen LogP contribution in [0.4, 0.5) is 0 Å². The number of nitrogens with zero attached hydrogens (tertiary/aromatic N) is 2. The molecule has 1 saturated heterocycles. The number of carbonyl (C=O) groups is 2. The first-order chi connectivity index (χ1) is 11.4. The summed E-state index contributed by atoms with van der Waals surface area (Å²) in [6.07, 6.45) is 2.38. The Morgan fingerprint density at radius 2 is 2.17 bits per heavy atom. The molecular weight excluding hydrogens is 402 g/mol.